The molecule has 0 atom stereocenters. The molecule has 0 unspecified atom stereocenters. The van der Waals surface area contributed by atoms with Crippen LogP contribution in [0.1, 0.15) is 62.9 Å². The third-order valence-corrected chi connectivity index (χ3v) is 12.2. The number of rotatable bonds is 11. The Morgan fingerprint density at radius 2 is 1.30 bits per heavy atom. The van der Waals surface area contributed by atoms with Gasteiger partial charge in [0.25, 0.3) is 11.8 Å². The fourth-order valence-electron chi connectivity index (χ4n) is 8.26. The summed E-state index contributed by atoms with van der Waals surface area (Å²) in [5.74, 6) is -5.62. The maximum absolute atomic E-state index is 13.7. The van der Waals surface area contributed by atoms with E-state index in [9.17, 15) is 49.2 Å². The van der Waals surface area contributed by atoms with E-state index < -0.39 is 51.8 Å². The van der Waals surface area contributed by atoms with E-state index in [1.165, 1.54) is 72.8 Å². The van der Waals surface area contributed by atoms with Crippen molar-refractivity contribution in [3.05, 3.63) is 180 Å². The number of nitrogen functional groups attached to an aromatic ring is 1. The third-order valence-electron chi connectivity index (χ3n) is 11.5. The number of carbonyl (C=O) groups is 5. The number of carboxylic acids is 3. The van der Waals surface area contributed by atoms with Crippen molar-refractivity contribution in [1.82, 2.24) is 10.6 Å². The van der Waals surface area contributed by atoms with Gasteiger partial charge in [-0.15, -0.1) is 0 Å². The van der Waals surface area contributed by atoms with Crippen LogP contribution in [0.4, 0.5) is 5.69 Å². The first-order chi connectivity index (χ1) is 33.0. The number of phenols is 1. The van der Waals surface area contributed by atoms with Crippen molar-refractivity contribution in [1.29, 1.82) is 5.41 Å². The van der Waals surface area contributed by atoms with Crippen LogP contribution < -0.4 is 27.2 Å². The van der Waals surface area contributed by atoms with Gasteiger partial charge < -0.3 is 51.0 Å². The highest BCUT2D eigenvalue weighted by Gasteiger charge is 2.30. The molecular weight excluding hydrogens is 931 g/mol. The number of aromatic carboxylic acids is 3. The third kappa shape index (κ3) is 8.30. The molecule has 2 aliphatic heterocycles. The standard InChI is InChI=1S/C51H32Cl2N4O12/c52-36-19-34(45(53)44(51(66)67)43(36)42-30-10-6-25(54)16-38(30)68-39-17-26(55)7-11-31(39)42)48(61)56-20-22-1-3-23(4-2-22)47(60)57-21-35-37(59)14-13-32-41(29-12-8-27(58)18-40(29)69-46(32)35)24-5-9-28(49(62)63)33(15-24)50(64)65/h1-19,54,59H,20-21,55H2,(H,56,61)(H,57,60)(H,62,63)(H,64,65)(H,66,67). The first kappa shape index (κ1) is 45.2. The van der Waals surface area contributed by atoms with E-state index in [1.54, 1.807) is 36.4 Å². The molecule has 9 rings (SSSR count). The van der Waals surface area contributed by atoms with Gasteiger partial charge in [-0.3, -0.25) is 14.4 Å². The van der Waals surface area contributed by atoms with Crippen LogP contribution in [0.2, 0.25) is 10.0 Å². The summed E-state index contributed by atoms with van der Waals surface area (Å²) in [6, 6.07) is 27.4. The number of benzene rings is 7. The number of fused-ring (bicyclic) bond motifs is 4. The molecule has 5 aromatic rings. The highest BCUT2D eigenvalue weighted by Crippen LogP contribution is 2.47. The molecule has 0 bridgehead atoms. The maximum atomic E-state index is 13.7. The largest absolute Gasteiger partial charge is 0.507 e. The van der Waals surface area contributed by atoms with Crippen LogP contribution in [0.25, 0.3) is 66.8 Å². The summed E-state index contributed by atoms with van der Waals surface area (Å²) >= 11 is 13.6. The molecular formula is C51H32Cl2N4O12. The van der Waals surface area contributed by atoms with Crippen molar-refractivity contribution >= 4 is 80.6 Å². The molecule has 2 aliphatic carbocycles. The number of nitrogens with two attached hydrogens (primary N) is 1. The lowest BCUT2D eigenvalue weighted by Crippen LogP contribution is -2.24. The lowest BCUT2D eigenvalue weighted by Gasteiger charge is -2.20. The van der Waals surface area contributed by atoms with E-state index in [4.69, 9.17) is 43.2 Å². The van der Waals surface area contributed by atoms with Gasteiger partial charge in [0, 0.05) is 74.6 Å². The van der Waals surface area contributed by atoms with E-state index in [0.29, 0.717) is 49.9 Å². The van der Waals surface area contributed by atoms with Gasteiger partial charge >= 0.3 is 17.9 Å². The summed E-state index contributed by atoms with van der Waals surface area (Å²) in [6.07, 6.45) is 0. The molecule has 342 valence electrons. The van der Waals surface area contributed by atoms with Gasteiger partial charge in [0.05, 0.1) is 49.8 Å². The van der Waals surface area contributed by atoms with Crippen molar-refractivity contribution in [2.24, 2.45) is 0 Å². The van der Waals surface area contributed by atoms with Crippen LogP contribution in [0, 0.1) is 5.41 Å². The first-order valence-electron chi connectivity index (χ1n) is 20.5. The molecule has 0 saturated heterocycles. The Morgan fingerprint density at radius 1 is 0.623 bits per heavy atom. The first-order valence-corrected chi connectivity index (χ1v) is 21.3. The van der Waals surface area contributed by atoms with Gasteiger partial charge in [-0.25, -0.2) is 14.4 Å². The molecule has 16 nitrogen and oxygen atoms in total. The summed E-state index contributed by atoms with van der Waals surface area (Å²) in [5.41, 5.74) is 7.50. The summed E-state index contributed by atoms with van der Waals surface area (Å²) in [7, 11) is 0. The fourth-order valence-corrected chi connectivity index (χ4v) is 8.87. The lowest BCUT2D eigenvalue weighted by atomic mass is 9.89. The van der Waals surface area contributed by atoms with Crippen molar-refractivity contribution in [3.8, 4) is 50.7 Å². The second-order valence-corrected chi connectivity index (χ2v) is 16.5. The molecule has 2 amide bonds. The van der Waals surface area contributed by atoms with Crippen LogP contribution in [0.15, 0.2) is 129 Å². The zero-order chi connectivity index (χ0) is 49.0. The van der Waals surface area contributed by atoms with Crippen LogP contribution >= 0.6 is 23.2 Å². The molecule has 0 radical (unpaired) electrons. The van der Waals surface area contributed by atoms with Crippen molar-refractivity contribution in [3.63, 3.8) is 0 Å². The van der Waals surface area contributed by atoms with E-state index in [0.717, 1.165) is 6.07 Å². The normalized spacial score (nSPS) is 11.3. The number of halogens is 2. The zero-order valence-corrected chi connectivity index (χ0v) is 36.8. The molecule has 5 aromatic carbocycles. The van der Waals surface area contributed by atoms with Crippen LogP contribution in [0.5, 0.6) is 5.75 Å². The average molecular weight is 964 g/mol. The Hall–Kier alpha value is -8.99. The number of anilines is 1. The lowest BCUT2D eigenvalue weighted by molar-refractivity contribution is 0.0651. The van der Waals surface area contributed by atoms with Gasteiger partial charge in [0.1, 0.15) is 28.4 Å². The number of nitrogens with one attached hydrogen (secondary N) is 3. The zero-order valence-electron chi connectivity index (χ0n) is 35.3. The Balaban J connectivity index is 0.960. The number of phenolic OH excluding ortho intramolecular Hbond substituents is 1. The molecule has 2 heterocycles. The molecule has 9 N–H and O–H groups in total. The van der Waals surface area contributed by atoms with Crippen molar-refractivity contribution in [2.75, 3.05) is 5.73 Å². The van der Waals surface area contributed by atoms with E-state index in [1.807, 2.05) is 0 Å². The summed E-state index contributed by atoms with van der Waals surface area (Å²) < 4.78 is 12.2. The molecule has 0 aromatic heterocycles. The molecule has 69 heavy (non-hydrogen) atoms. The number of amides is 2. The molecule has 0 saturated carbocycles. The van der Waals surface area contributed by atoms with E-state index in [2.05, 4.69) is 10.6 Å². The van der Waals surface area contributed by atoms with Crippen molar-refractivity contribution in [2.45, 2.75) is 13.1 Å². The van der Waals surface area contributed by atoms with Crippen LogP contribution in [-0.4, -0.2) is 50.1 Å². The van der Waals surface area contributed by atoms with Crippen molar-refractivity contribution < 1.29 is 53.2 Å². The number of carboxylic acid groups (broad SMARTS) is 3. The van der Waals surface area contributed by atoms with Gasteiger partial charge in [-0.2, -0.15) is 0 Å². The second kappa shape index (κ2) is 17.7. The van der Waals surface area contributed by atoms with Gasteiger partial charge in [0.15, 0.2) is 5.43 Å². The number of carbonyl (C=O) groups excluding carboxylic acids is 2. The topological polar surface area (TPSA) is 284 Å². The van der Waals surface area contributed by atoms with Crippen LogP contribution in [0.3, 0.4) is 0 Å². The minimum absolute atomic E-state index is 0.0231. The maximum Gasteiger partial charge on any atom is 0.337 e. The summed E-state index contributed by atoms with van der Waals surface area (Å²) in [6.45, 7) is -0.359. The SMILES string of the molecule is N=c1ccc2c(-c3c(Cl)cc(C(=O)NCc4ccc(C(=O)NCc5c(O)ccc6c(-c7ccc(C(=O)O)c(C(=O)O)c7)c7ccc(=O)cc-7oc56)cc4)c(Cl)c3C(=O)O)c3ccc(N)cc3oc-2c1. The highest BCUT2D eigenvalue weighted by molar-refractivity contribution is 6.41. The molecule has 18 heteroatoms. The Labute approximate surface area is 397 Å². The predicted molar refractivity (Wildman–Crippen MR) is 254 cm³/mol. The number of hydrogen-bond acceptors (Lipinski definition) is 11. The quantitative estimate of drug-likeness (QED) is 0.0444. The van der Waals surface area contributed by atoms with Crippen LogP contribution in [-0.2, 0) is 13.1 Å². The Bertz CT molecular complexity index is 3750. The van der Waals surface area contributed by atoms with Gasteiger partial charge in [-0.1, -0.05) is 41.4 Å². The minimum atomic E-state index is -1.47. The number of hydrogen-bond donors (Lipinski definition) is 8. The van der Waals surface area contributed by atoms with Gasteiger partial charge in [-0.05, 0) is 90.0 Å². The second-order valence-electron chi connectivity index (χ2n) is 15.7. The average Bonchev–Trinajstić information content (AvgIpc) is 3.31. The number of aromatic hydroxyl groups is 1. The molecule has 0 spiro atoms. The minimum Gasteiger partial charge on any atom is -0.507 e. The fraction of sp³-hybridized carbons (Fsp3) is 0.0392. The van der Waals surface area contributed by atoms with E-state index >= 15 is 0 Å². The summed E-state index contributed by atoms with van der Waals surface area (Å²) in [4.78, 5) is 76.4. The smallest absolute Gasteiger partial charge is 0.337 e. The Kier molecular flexibility index (Phi) is 11.6. The monoisotopic (exact) mass is 962 g/mol. The summed E-state index contributed by atoms with van der Waals surface area (Å²) in [5, 5.41) is 55.0. The molecule has 0 fully saturated rings. The van der Waals surface area contributed by atoms with Gasteiger partial charge in [0.2, 0.25) is 0 Å². The van der Waals surface area contributed by atoms with E-state index in [-0.39, 0.29) is 79.2 Å². The predicted octanol–water partition coefficient (Wildman–Crippen LogP) is 9.11. The highest BCUT2D eigenvalue weighted by atomic mass is 35.5. The Morgan fingerprint density at radius 3 is 2.03 bits per heavy atom. The molecule has 4 aliphatic rings.